The number of rotatable bonds is 3. The van der Waals surface area contributed by atoms with Crippen molar-refractivity contribution in [3.05, 3.63) is 0 Å². The summed E-state index contributed by atoms with van der Waals surface area (Å²) in [5, 5.41) is 8.91. The minimum atomic E-state index is -0.118. The van der Waals surface area contributed by atoms with E-state index in [0.717, 1.165) is 6.42 Å². The molecule has 0 aromatic heterocycles. The predicted octanol–water partition coefficient (Wildman–Crippen LogP) is 1.26. The van der Waals surface area contributed by atoms with Gasteiger partial charge in [-0.15, -0.1) is 0 Å². The Hall–Kier alpha value is -0.120. The van der Waals surface area contributed by atoms with Gasteiger partial charge < -0.3 is 9.84 Å². The molecule has 0 bridgehead atoms. The van der Waals surface area contributed by atoms with Gasteiger partial charge in [-0.1, -0.05) is 0 Å². The molecule has 0 aromatic carbocycles. The van der Waals surface area contributed by atoms with Gasteiger partial charge >= 0.3 is 0 Å². The summed E-state index contributed by atoms with van der Waals surface area (Å²) >= 11 is 0. The van der Waals surface area contributed by atoms with Crippen LogP contribution in [0.25, 0.3) is 0 Å². The minimum Gasteiger partial charge on any atom is -0.395 e. The zero-order valence-corrected chi connectivity index (χ0v) is 10.0. The molecule has 84 valence electrons. The lowest BCUT2D eigenvalue weighted by molar-refractivity contribution is -0.0791. The van der Waals surface area contributed by atoms with Gasteiger partial charge in [-0.25, -0.2) is 0 Å². The number of nitrogens with zero attached hydrogens (tertiary/aromatic N) is 1. The van der Waals surface area contributed by atoms with E-state index in [1.807, 2.05) is 7.05 Å². The van der Waals surface area contributed by atoms with Crippen LogP contribution in [0.5, 0.6) is 0 Å². The molecule has 1 aliphatic heterocycles. The van der Waals surface area contributed by atoms with E-state index in [-0.39, 0.29) is 17.8 Å². The second-order valence-corrected chi connectivity index (χ2v) is 5.39. The number of ether oxygens (including phenoxy) is 1. The Kier molecular flexibility index (Phi) is 3.24. The van der Waals surface area contributed by atoms with Crippen LogP contribution < -0.4 is 0 Å². The molecule has 3 heteroatoms. The molecule has 0 radical (unpaired) electrons. The van der Waals surface area contributed by atoms with Crippen molar-refractivity contribution in [3.63, 3.8) is 0 Å². The maximum absolute atomic E-state index is 8.91. The molecule has 3 nitrogen and oxygen atoms in total. The normalized spacial score (nSPS) is 29.8. The highest BCUT2D eigenvalue weighted by Crippen LogP contribution is 2.39. The van der Waals surface area contributed by atoms with Crippen LogP contribution >= 0.6 is 0 Å². The largest absolute Gasteiger partial charge is 0.395 e. The predicted molar refractivity (Wildman–Crippen MR) is 57.4 cm³/mol. The number of aliphatic hydroxyl groups excluding tert-OH is 1. The van der Waals surface area contributed by atoms with E-state index in [0.29, 0.717) is 12.6 Å². The summed E-state index contributed by atoms with van der Waals surface area (Å²) in [6.07, 6.45) is 1.02. The van der Waals surface area contributed by atoms with Gasteiger partial charge in [-0.2, -0.15) is 0 Å². The molecule has 1 fully saturated rings. The van der Waals surface area contributed by atoms with E-state index >= 15 is 0 Å². The molecule has 1 rings (SSSR count). The Morgan fingerprint density at radius 2 is 1.93 bits per heavy atom. The average Bonchev–Trinajstić information content (AvgIpc) is 2.19. The summed E-state index contributed by atoms with van der Waals surface area (Å²) in [7, 11) is 2.05. The fraction of sp³-hybridized carbons (Fsp3) is 1.00. The molecule has 0 aromatic rings. The van der Waals surface area contributed by atoms with Crippen molar-refractivity contribution in [1.82, 2.24) is 4.90 Å². The maximum Gasteiger partial charge on any atom is 0.0789 e. The number of aliphatic hydroxyl groups is 1. The third-order valence-electron chi connectivity index (χ3n) is 3.01. The van der Waals surface area contributed by atoms with Crippen LogP contribution in [0.3, 0.4) is 0 Å². The second kappa shape index (κ2) is 3.80. The molecule has 1 aliphatic rings. The van der Waals surface area contributed by atoms with Crippen molar-refractivity contribution < 1.29 is 9.84 Å². The van der Waals surface area contributed by atoms with Crippen molar-refractivity contribution in [3.8, 4) is 0 Å². The molecule has 0 aliphatic carbocycles. The van der Waals surface area contributed by atoms with Gasteiger partial charge in [0.1, 0.15) is 0 Å². The molecular weight excluding hydrogens is 178 g/mol. The van der Waals surface area contributed by atoms with Crippen molar-refractivity contribution in [2.75, 3.05) is 20.2 Å². The van der Waals surface area contributed by atoms with E-state index in [2.05, 4.69) is 32.6 Å². The number of hydrogen-bond donors (Lipinski definition) is 1. The fourth-order valence-electron chi connectivity index (χ4n) is 2.53. The van der Waals surface area contributed by atoms with E-state index < -0.39 is 0 Å². The van der Waals surface area contributed by atoms with Crippen LogP contribution in [-0.2, 0) is 4.74 Å². The van der Waals surface area contributed by atoms with Gasteiger partial charge in [0.05, 0.1) is 17.8 Å². The molecule has 1 unspecified atom stereocenters. The SMILES string of the molecule is CN(CCO)C1CC(C)(C)OC1(C)C. The quantitative estimate of drug-likeness (QED) is 0.746. The van der Waals surface area contributed by atoms with Crippen LogP contribution in [0, 0.1) is 0 Å². The summed E-state index contributed by atoms with van der Waals surface area (Å²) in [4.78, 5) is 2.19. The molecule has 0 saturated carbocycles. The molecule has 1 atom stereocenters. The standard InChI is InChI=1S/C11H23NO2/c1-10(2)8-9(11(3,4)14-10)12(5)6-7-13/h9,13H,6-8H2,1-5H3. The topological polar surface area (TPSA) is 32.7 Å². The van der Waals surface area contributed by atoms with Gasteiger partial charge in [0, 0.05) is 12.6 Å². The maximum atomic E-state index is 8.91. The summed E-state index contributed by atoms with van der Waals surface area (Å²) in [6.45, 7) is 9.43. The Labute approximate surface area is 87.1 Å². The van der Waals surface area contributed by atoms with Gasteiger partial charge in [0.2, 0.25) is 0 Å². The van der Waals surface area contributed by atoms with E-state index in [1.54, 1.807) is 0 Å². The smallest absolute Gasteiger partial charge is 0.0789 e. The minimum absolute atomic E-state index is 0.0438. The highest BCUT2D eigenvalue weighted by atomic mass is 16.5. The van der Waals surface area contributed by atoms with Gasteiger partial charge in [-0.3, -0.25) is 4.90 Å². The highest BCUT2D eigenvalue weighted by Gasteiger charge is 2.47. The summed E-state index contributed by atoms with van der Waals surface area (Å²) in [5.41, 5.74) is -0.161. The molecule has 14 heavy (non-hydrogen) atoms. The fourth-order valence-corrected chi connectivity index (χ4v) is 2.53. The highest BCUT2D eigenvalue weighted by molar-refractivity contribution is 4.99. The van der Waals surface area contributed by atoms with Crippen molar-refractivity contribution >= 4 is 0 Å². The zero-order chi connectivity index (χ0) is 11.0. The Morgan fingerprint density at radius 3 is 2.29 bits per heavy atom. The number of likely N-dealkylation sites (N-methyl/N-ethyl adjacent to an activating group) is 1. The summed E-state index contributed by atoms with van der Waals surface area (Å²) in [5.74, 6) is 0. The lowest BCUT2D eigenvalue weighted by Gasteiger charge is -2.33. The first-order valence-corrected chi connectivity index (χ1v) is 5.30. The van der Waals surface area contributed by atoms with Gasteiger partial charge in [0.25, 0.3) is 0 Å². The summed E-state index contributed by atoms with van der Waals surface area (Å²) in [6, 6.07) is 0.393. The second-order valence-electron chi connectivity index (χ2n) is 5.39. The van der Waals surface area contributed by atoms with Crippen molar-refractivity contribution in [2.45, 2.75) is 51.4 Å². The molecule has 1 N–H and O–H groups in total. The molecule has 1 heterocycles. The molecule has 1 saturated heterocycles. The number of hydrogen-bond acceptors (Lipinski definition) is 3. The third-order valence-corrected chi connectivity index (χ3v) is 3.01. The van der Waals surface area contributed by atoms with Crippen LogP contribution in [0.15, 0.2) is 0 Å². The van der Waals surface area contributed by atoms with Crippen LogP contribution in [0.4, 0.5) is 0 Å². The van der Waals surface area contributed by atoms with Crippen molar-refractivity contribution in [1.29, 1.82) is 0 Å². The average molecular weight is 201 g/mol. The van der Waals surface area contributed by atoms with E-state index in [9.17, 15) is 0 Å². The first-order chi connectivity index (χ1) is 6.28. The first kappa shape index (κ1) is 12.0. The third kappa shape index (κ3) is 2.47. The van der Waals surface area contributed by atoms with Gasteiger partial charge in [0.15, 0.2) is 0 Å². The van der Waals surface area contributed by atoms with Crippen LogP contribution in [0.2, 0.25) is 0 Å². The Morgan fingerprint density at radius 1 is 1.36 bits per heavy atom. The molecule has 0 amide bonds. The van der Waals surface area contributed by atoms with E-state index in [1.165, 1.54) is 0 Å². The lowest BCUT2D eigenvalue weighted by atomic mass is 9.93. The zero-order valence-electron chi connectivity index (χ0n) is 10.0. The van der Waals surface area contributed by atoms with Gasteiger partial charge in [-0.05, 0) is 41.2 Å². The lowest BCUT2D eigenvalue weighted by Crippen LogP contribution is -2.45. The Balaban J connectivity index is 2.69. The van der Waals surface area contributed by atoms with Crippen LogP contribution in [0.1, 0.15) is 34.1 Å². The monoisotopic (exact) mass is 201 g/mol. The first-order valence-electron chi connectivity index (χ1n) is 5.30. The van der Waals surface area contributed by atoms with Crippen molar-refractivity contribution in [2.24, 2.45) is 0 Å². The van der Waals surface area contributed by atoms with E-state index in [4.69, 9.17) is 9.84 Å². The molecule has 0 spiro atoms. The molecular formula is C11H23NO2. The van der Waals surface area contributed by atoms with Crippen LogP contribution in [-0.4, -0.2) is 47.4 Å². The Bertz CT molecular complexity index is 201. The summed E-state index contributed by atoms with van der Waals surface area (Å²) < 4.78 is 5.99.